The fourth-order valence-electron chi connectivity index (χ4n) is 6.06. The summed E-state index contributed by atoms with van der Waals surface area (Å²) in [5, 5.41) is 22.8. The van der Waals surface area contributed by atoms with E-state index in [0.29, 0.717) is 19.0 Å². The van der Waals surface area contributed by atoms with E-state index in [1.807, 2.05) is 0 Å². The predicted octanol–water partition coefficient (Wildman–Crippen LogP) is 6.31. The summed E-state index contributed by atoms with van der Waals surface area (Å²) in [5.41, 5.74) is 8.35. The van der Waals surface area contributed by atoms with Crippen LogP contribution in [-0.2, 0) is 16.1 Å². The van der Waals surface area contributed by atoms with Crippen LogP contribution in [0.15, 0.2) is 81.3 Å². The highest BCUT2D eigenvalue weighted by Crippen LogP contribution is 2.48. The highest BCUT2D eigenvalue weighted by molar-refractivity contribution is 8.03. The summed E-state index contributed by atoms with van der Waals surface area (Å²) in [6.45, 7) is 4.96. The fraction of sp³-hybridized carbons (Fsp3) is 0.324. The maximum atomic E-state index is 11.4. The number of carboxylic acids is 2. The van der Waals surface area contributed by atoms with Gasteiger partial charge in [0.25, 0.3) is 5.01 Å². The number of hydrogen-bond donors (Lipinski definition) is 1. The molecule has 2 aliphatic carbocycles. The van der Waals surface area contributed by atoms with Crippen molar-refractivity contribution in [1.82, 2.24) is 0 Å². The first kappa shape index (κ1) is 28.5. The first-order valence-corrected chi connectivity index (χ1v) is 16.1. The zero-order valence-corrected chi connectivity index (χ0v) is 25.5. The molecule has 1 atom stereocenters. The summed E-state index contributed by atoms with van der Waals surface area (Å²) in [5.74, 6) is -1.29. The van der Waals surface area contributed by atoms with Gasteiger partial charge < -0.3 is 19.9 Å². The molecule has 0 bridgehead atoms. The molecular formula is C34H34N2O4S2. The lowest BCUT2D eigenvalue weighted by Gasteiger charge is -2.29. The van der Waals surface area contributed by atoms with Crippen LogP contribution in [-0.4, -0.2) is 23.6 Å². The number of aliphatic carboxylic acids is 2. The average Bonchev–Trinajstić information content (AvgIpc) is 3.46. The molecule has 0 saturated carbocycles. The standard InChI is InChI=1S/C34H34N2O4S2/c1-21-3-9-29-27(15-21)35(13-11-33(37)38)31(41-29)19-23-5-7-25-8-6-24(18-26(25)17-23)20-32-36(14-12-34(39)40)28-16-22(2)4-10-30(28)42-32/h3-4,9-10,15-20,25H,5-8,11-14H2,1-2H3,(H-,37,38,39,40). The van der Waals surface area contributed by atoms with Crippen molar-refractivity contribution in [3.8, 4) is 0 Å². The van der Waals surface area contributed by atoms with Gasteiger partial charge in [-0.25, -0.2) is 0 Å². The van der Waals surface area contributed by atoms with E-state index in [2.05, 4.69) is 84.0 Å². The molecular weight excluding hydrogens is 565 g/mol. The minimum absolute atomic E-state index is 0.0184. The Morgan fingerprint density at radius 1 is 1.05 bits per heavy atom. The summed E-state index contributed by atoms with van der Waals surface area (Å²) >= 11 is 3.42. The number of carboxylic acid groups (broad SMARTS) is 2. The number of carbonyl (C=O) groups is 2. The third-order valence-corrected chi connectivity index (χ3v) is 10.4. The Morgan fingerprint density at radius 3 is 2.64 bits per heavy atom. The highest BCUT2D eigenvalue weighted by Gasteiger charge is 2.28. The molecule has 0 fully saturated rings. The van der Waals surface area contributed by atoms with Crippen molar-refractivity contribution in [2.24, 2.45) is 5.92 Å². The van der Waals surface area contributed by atoms with E-state index >= 15 is 0 Å². The second-order valence-electron chi connectivity index (χ2n) is 11.4. The molecule has 0 spiro atoms. The minimum Gasteiger partial charge on any atom is -0.550 e. The molecule has 216 valence electrons. The van der Waals surface area contributed by atoms with E-state index < -0.39 is 11.9 Å². The second kappa shape index (κ2) is 11.9. The Labute approximate surface area is 254 Å². The molecule has 1 unspecified atom stereocenters. The zero-order valence-electron chi connectivity index (χ0n) is 23.9. The number of thiazole rings is 1. The van der Waals surface area contributed by atoms with Crippen LogP contribution >= 0.6 is 23.1 Å². The average molecular weight is 599 g/mol. The monoisotopic (exact) mass is 598 g/mol. The molecule has 2 aromatic carbocycles. The number of aromatic nitrogens is 1. The number of fused-ring (bicyclic) bond motifs is 3. The number of anilines is 1. The van der Waals surface area contributed by atoms with Crippen LogP contribution in [0.3, 0.4) is 0 Å². The Hall–Kier alpha value is -3.62. The van der Waals surface area contributed by atoms with Gasteiger partial charge in [-0.1, -0.05) is 47.4 Å². The summed E-state index contributed by atoms with van der Waals surface area (Å²) in [6.07, 6.45) is 13.4. The van der Waals surface area contributed by atoms with E-state index in [9.17, 15) is 19.8 Å². The summed E-state index contributed by atoms with van der Waals surface area (Å²) in [7, 11) is 0. The van der Waals surface area contributed by atoms with Gasteiger partial charge in [0.05, 0.1) is 10.7 Å². The fourth-order valence-corrected chi connectivity index (χ4v) is 8.35. The van der Waals surface area contributed by atoms with Gasteiger partial charge in [0, 0.05) is 36.0 Å². The van der Waals surface area contributed by atoms with Crippen LogP contribution in [0, 0.1) is 19.8 Å². The number of aryl methyl sites for hydroxylation is 3. The molecule has 8 heteroatoms. The van der Waals surface area contributed by atoms with Gasteiger partial charge >= 0.3 is 5.97 Å². The molecule has 6 rings (SSSR count). The number of nitrogens with zero attached hydrogens (tertiary/aromatic N) is 2. The first-order valence-electron chi connectivity index (χ1n) is 14.5. The van der Waals surface area contributed by atoms with Crippen molar-refractivity contribution in [3.05, 3.63) is 92.5 Å². The van der Waals surface area contributed by atoms with E-state index in [1.54, 1.807) is 23.1 Å². The van der Waals surface area contributed by atoms with Gasteiger partial charge in [0.15, 0.2) is 6.54 Å². The normalized spacial score (nSPS) is 20.0. The SMILES string of the molecule is Cc1ccc2c(c1)N(CCC(=O)[O-])/C(=C/C1=CC3=C/C(=C/c4sc5ccc(C)cc5[n+]4CCC(=O)O)CCC3CC1)S2. The summed E-state index contributed by atoms with van der Waals surface area (Å²) in [4.78, 5) is 26.0. The van der Waals surface area contributed by atoms with E-state index in [-0.39, 0.29) is 12.8 Å². The Morgan fingerprint density at radius 2 is 1.83 bits per heavy atom. The molecule has 3 aliphatic rings. The molecule has 3 aromatic rings. The van der Waals surface area contributed by atoms with Crippen LogP contribution in [0.5, 0.6) is 0 Å². The maximum Gasteiger partial charge on any atom is 0.309 e. The van der Waals surface area contributed by atoms with Gasteiger partial charge in [-0.3, -0.25) is 4.79 Å². The van der Waals surface area contributed by atoms with Crippen LogP contribution in [0.2, 0.25) is 0 Å². The summed E-state index contributed by atoms with van der Waals surface area (Å²) in [6, 6.07) is 12.7. The number of hydrogen-bond acceptors (Lipinski definition) is 6. The molecule has 1 aliphatic heterocycles. The first-order chi connectivity index (χ1) is 20.2. The molecule has 1 N–H and O–H groups in total. The van der Waals surface area contributed by atoms with Crippen molar-refractivity contribution < 1.29 is 24.4 Å². The second-order valence-corrected chi connectivity index (χ2v) is 13.5. The Kier molecular flexibility index (Phi) is 8.10. The number of thioether (sulfide) groups is 1. The largest absolute Gasteiger partial charge is 0.550 e. The Balaban J connectivity index is 1.31. The predicted molar refractivity (Wildman–Crippen MR) is 167 cm³/mol. The van der Waals surface area contributed by atoms with Gasteiger partial charge in [0.1, 0.15) is 11.1 Å². The van der Waals surface area contributed by atoms with Crippen LogP contribution in [0.1, 0.15) is 54.7 Å². The number of allylic oxidation sites excluding steroid dienone is 6. The molecule has 2 heterocycles. The van der Waals surface area contributed by atoms with Gasteiger partial charge in [-0.05, 0) is 97.6 Å². The third kappa shape index (κ3) is 6.10. The van der Waals surface area contributed by atoms with Crippen molar-refractivity contribution in [3.63, 3.8) is 0 Å². The van der Waals surface area contributed by atoms with E-state index in [1.165, 1.54) is 21.4 Å². The summed E-state index contributed by atoms with van der Waals surface area (Å²) < 4.78 is 3.32. The van der Waals surface area contributed by atoms with Crippen molar-refractivity contribution in [2.45, 2.75) is 63.8 Å². The molecule has 0 amide bonds. The molecule has 0 radical (unpaired) electrons. The lowest BCUT2D eigenvalue weighted by molar-refractivity contribution is -0.667. The van der Waals surface area contributed by atoms with Crippen LogP contribution in [0.4, 0.5) is 5.69 Å². The van der Waals surface area contributed by atoms with Crippen molar-refractivity contribution >= 4 is 57.0 Å². The topological polar surface area (TPSA) is 84.6 Å². The van der Waals surface area contributed by atoms with Gasteiger partial charge in [0.2, 0.25) is 5.52 Å². The van der Waals surface area contributed by atoms with Gasteiger partial charge in [-0.15, -0.1) is 0 Å². The molecule has 0 saturated heterocycles. The quantitative estimate of drug-likeness (QED) is 0.306. The van der Waals surface area contributed by atoms with Crippen molar-refractivity contribution in [2.75, 3.05) is 11.4 Å². The van der Waals surface area contributed by atoms with Crippen LogP contribution < -0.4 is 14.6 Å². The lowest BCUT2D eigenvalue weighted by atomic mass is 9.77. The minimum atomic E-state index is -1.04. The van der Waals surface area contributed by atoms with Crippen molar-refractivity contribution in [1.29, 1.82) is 0 Å². The number of carbonyl (C=O) groups excluding carboxylic acids is 1. The van der Waals surface area contributed by atoms with E-state index in [0.717, 1.165) is 62.9 Å². The van der Waals surface area contributed by atoms with Gasteiger partial charge in [-0.2, -0.15) is 4.57 Å². The molecule has 42 heavy (non-hydrogen) atoms. The third-order valence-electron chi connectivity index (χ3n) is 8.22. The maximum absolute atomic E-state index is 11.4. The number of benzene rings is 2. The van der Waals surface area contributed by atoms with Crippen LogP contribution in [0.25, 0.3) is 16.3 Å². The number of rotatable bonds is 8. The Bertz CT molecular complexity index is 1710. The molecule has 6 nitrogen and oxygen atoms in total. The zero-order chi connectivity index (χ0) is 29.4. The smallest absolute Gasteiger partial charge is 0.309 e. The lowest BCUT2D eigenvalue weighted by Crippen LogP contribution is -2.36. The molecule has 1 aromatic heterocycles. The highest BCUT2D eigenvalue weighted by atomic mass is 32.2. The van der Waals surface area contributed by atoms with E-state index in [4.69, 9.17) is 0 Å².